The monoisotopic (exact) mass is 218 g/mol. The Balaban J connectivity index is 4.49. The van der Waals surface area contributed by atoms with E-state index in [0.29, 0.717) is 0 Å². The lowest BCUT2D eigenvalue weighted by Gasteiger charge is -2.14. The van der Waals surface area contributed by atoms with Crippen molar-refractivity contribution in [2.45, 2.75) is 19.9 Å². The molecule has 0 unspecified atom stereocenters. The van der Waals surface area contributed by atoms with Gasteiger partial charge in [-0.05, 0) is 13.8 Å². The van der Waals surface area contributed by atoms with Gasteiger partial charge in [0, 0.05) is 0 Å². The summed E-state index contributed by atoms with van der Waals surface area (Å²) in [6, 6.07) is -2.50. The Bertz CT molecular complexity index is 235. The van der Waals surface area contributed by atoms with Crippen LogP contribution in [0, 0.1) is 0 Å². The van der Waals surface area contributed by atoms with Crippen LogP contribution in [0.4, 0.5) is 4.79 Å². The first-order valence-corrected chi connectivity index (χ1v) is 4.42. The number of hydrogen-bond donors (Lipinski definition) is 2. The largest absolute Gasteiger partial charge is 0.464 e. The zero-order chi connectivity index (χ0) is 11.8. The topological polar surface area (TPSA) is 108 Å². The molecule has 0 aromatic rings. The summed E-state index contributed by atoms with van der Waals surface area (Å²) in [7, 11) is 0. The smallest absolute Gasteiger partial charge is 0.340 e. The van der Waals surface area contributed by atoms with Gasteiger partial charge in [0.2, 0.25) is 6.04 Å². The van der Waals surface area contributed by atoms with Crippen molar-refractivity contribution in [1.29, 1.82) is 0 Å². The highest BCUT2D eigenvalue weighted by atomic mass is 16.6. The van der Waals surface area contributed by atoms with Crippen molar-refractivity contribution in [3.05, 3.63) is 0 Å². The van der Waals surface area contributed by atoms with Crippen LogP contribution < -0.4 is 11.1 Å². The molecule has 0 radical (unpaired) electrons. The van der Waals surface area contributed by atoms with Crippen LogP contribution >= 0.6 is 0 Å². The fourth-order valence-corrected chi connectivity index (χ4v) is 0.808. The second-order valence-electron chi connectivity index (χ2n) is 2.45. The van der Waals surface area contributed by atoms with Gasteiger partial charge in [-0.15, -0.1) is 0 Å². The molecule has 0 aromatic heterocycles. The van der Waals surface area contributed by atoms with Crippen molar-refractivity contribution in [2.24, 2.45) is 5.73 Å². The Kier molecular flexibility index (Phi) is 5.84. The van der Waals surface area contributed by atoms with E-state index in [0.717, 1.165) is 0 Å². The number of hydrogen-bond acceptors (Lipinski definition) is 5. The molecule has 0 bridgehead atoms. The third-order valence-electron chi connectivity index (χ3n) is 1.33. The zero-order valence-electron chi connectivity index (χ0n) is 8.61. The summed E-state index contributed by atoms with van der Waals surface area (Å²) < 4.78 is 9.12. The minimum absolute atomic E-state index is 0.0924. The van der Waals surface area contributed by atoms with E-state index in [9.17, 15) is 14.4 Å². The number of nitrogens with two attached hydrogens (primary N) is 1. The Labute approximate surface area is 86.9 Å². The van der Waals surface area contributed by atoms with Crippen molar-refractivity contribution in [3.63, 3.8) is 0 Å². The number of urea groups is 1. The number of esters is 2. The summed E-state index contributed by atoms with van der Waals surface area (Å²) in [5, 5.41) is 1.94. The summed E-state index contributed by atoms with van der Waals surface area (Å²) in [4.78, 5) is 32.9. The lowest BCUT2D eigenvalue weighted by atomic mass is 10.3. The number of carbonyl (C=O) groups excluding carboxylic acids is 3. The summed E-state index contributed by atoms with van der Waals surface area (Å²) in [5.41, 5.74) is 4.80. The van der Waals surface area contributed by atoms with Gasteiger partial charge in [0.1, 0.15) is 0 Å². The lowest BCUT2D eigenvalue weighted by molar-refractivity contribution is -0.157. The number of rotatable bonds is 5. The van der Waals surface area contributed by atoms with Gasteiger partial charge in [-0.25, -0.2) is 14.4 Å². The summed E-state index contributed by atoms with van der Waals surface area (Å²) >= 11 is 0. The Hall–Kier alpha value is -1.79. The normalized spacial score (nSPS) is 9.53. The molecule has 0 rings (SSSR count). The van der Waals surface area contributed by atoms with E-state index >= 15 is 0 Å². The van der Waals surface area contributed by atoms with Crippen LogP contribution in [0.3, 0.4) is 0 Å². The van der Waals surface area contributed by atoms with Crippen molar-refractivity contribution >= 4 is 18.0 Å². The maximum Gasteiger partial charge on any atom is 0.340 e. The summed E-state index contributed by atoms with van der Waals surface area (Å²) in [6.45, 7) is 3.33. The number of carbonyl (C=O) groups is 3. The molecule has 86 valence electrons. The molecule has 2 amide bonds. The van der Waals surface area contributed by atoms with Gasteiger partial charge in [0.05, 0.1) is 13.2 Å². The number of primary amides is 1. The molecule has 3 N–H and O–H groups in total. The van der Waals surface area contributed by atoms with E-state index in [-0.39, 0.29) is 13.2 Å². The van der Waals surface area contributed by atoms with Crippen LogP contribution in [-0.2, 0) is 19.1 Å². The predicted molar refractivity (Wildman–Crippen MR) is 49.8 cm³/mol. The molecule has 0 aromatic carbocycles. The lowest BCUT2D eigenvalue weighted by Crippen LogP contribution is -2.50. The Morgan fingerprint density at radius 3 is 1.80 bits per heavy atom. The van der Waals surface area contributed by atoms with E-state index in [4.69, 9.17) is 5.73 Å². The average molecular weight is 218 g/mol. The van der Waals surface area contributed by atoms with Gasteiger partial charge < -0.3 is 20.5 Å². The van der Waals surface area contributed by atoms with E-state index in [2.05, 4.69) is 9.47 Å². The van der Waals surface area contributed by atoms with E-state index < -0.39 is 24.0 Å². The number of amides is 2. The van der Waals surface area contributed by atoms with Gasteiger partial charge in [-0.1, -0.05) is 0 Å². The highest BCUT2D eigenvalue weighted by molar-refractivity contribution is 6.02. The minimum atomic E-state index is -1.50. The molecule has 0 atom stereocenters. The second kappa shape index (κ2) is 6.63. The molecule has 0 aliphatic heterocycles. The molecule has 7 heteroatoms. The third-order valence-corrected chi connectivity index (χ3v) is 1.33. The van der Waals surface area contributed by atoms with Gasteiger partial charge in [0.25, 0.3) is 0 Å². The highest BCUT2D eigenvalue weighted by Crippen LogP contribution is 1.94. The third kappa shape index (κ3) is 4.84. The molecular formula is C8H14N2O5. The quantitative estimate of drug-likeness (QED) is 0.461. The molecule has 0 spiro atoms. The molecule has 0 aliphatic rings. The van der Waals surface area contributed by atoms with Gasteiger partial charge in [-0.3, -0.25) is 0 Å². The maximum absolute atomic E-state index is 11.2. The first-order chi connectivity index (χ1) is 7.02. The summed E-state index contributed by atoms with van der Waals surface area (Å²) in [6.07, 6.45) is 0. The Morgan fingerprint density at radius 2 is 1.53 bits per heavy atom. The molecule has 0 saturated carbocycles. The van der Waals surface area contributed by atoms with Crippen LogP contribution in [0.2, 0.25) is 0 Å². The highest BCUT2D eigenvalue weighted by Gasteiger charge is 2.30. The molecule has 0 aliphatic carbocycles. The zero-order valence-corrected chi connectivity index (χ0v) is 8.61. The standard InChI is InChI=1S/C8H14N2O5/c1-3-14-6(11)5(10-8(9)13)7(12)15-4-2/h5H,3-4H2,1-2H3,(H3,9,10,13). The van der Waals surface area contributed by atoms with Crippen LogP contribution in [0.15, 0.2) is 0 Å². The van der Waals surface area contributed by atoms with Crippen LogP contribution in [-0.4, -0.2) is 37.2 Å². The maximum atomic E-state index is 11.2. The van der Waals surface area contributed by atoms with E-state index in [1.807, 2.05) is 5.32 Å². The summed E-state index contributed by atoms with van der Waals surface area (Å²) in [5.74, 6) is -1.79. The number of nitrogens with one attached hydrogen (secondary N) is 1. The van der Waals surface area contributed by atoms with Crippen molar-refractivity contribution in [2.75, 3.05) is 13.2 Å². The Morgan fingerprint density at radius 1 is 1.13 bits per heavy atom. The minimum Gasteiger partial charge on any atom is -0.464 e. The molecule has 7 nitrogen and oxygen atoms in total. The van der Waals surface area contributed by atoms with Crippen LogP contribution in [0.1, 0.15) is 13.8 Å². The van der Waals surface area contributed by atoms with E-state index in [1.54, 1.807) is 13.8 Å². The van der Waals surface area contributed by atoms with Crippen molar-refractivity contribution < 1.29 is 23.9 Å². The van der Waals surface area contributed by atoms with Crippen LogP contribution in [0.25, 0.3) is 0 Å². The van der Waals surface area contributed by atoms with Gasteiger partial charge >= 0.3 is 18.0 Å². The molecule has 15 heavy (non-hydrogen) atoms. The molecule has 0 saturated heterocycles. The first-order valence-electron chi connectivity index (χ1n) is 4.42. The van der Waals surface area contributed by atoms with Crippen molar-refractivity contribution in [1.82, 2.24) is 5.32 Å². The second-order valence-corrected chi connectivity index (χ2v) is 2.45. The van der Waals surface area contributed by atoms with Gasteiger partial charge in [-0.2, -0.15) is 0 Å². The van der Waals surface area contributed by atoms with E-state index in [1.165, 1.54) is 0 Å². The molecule has 0 heterocycles. The van der Waals surface area contributed by atoms with Crippen molar-refractivity contribution in [3.8, 4) is 0 Å². The first kappa shape index (κ1) is 13.2. The number of ether oxygens (including phenoxy) is 2. The molecule has 0 fully saturated rings. The van der Waals surface area contributed by atoms with Crippen LogP contribution in [0.5, 0.6) is 0 Å². The predicted octanol–water partition coefficient (Wildman–Crippen LogP) is -0.850. The van der Waals surface area contributed by atoms with Gasteiger partial charge in [0.15, 0.2) is 0 Å². The SMILES string of the molecule is CCOC(=O)C(NC(N)=O)C(=O)OCC. The molecular weight excluding hydrogens is 204 g/mol. The fourth-order valence-electron chi connectivity index (χ4n) is 0.808. The average Bonchev–Trinajstić information content (AvgIpc) is 2.14. The fraction of sp³-hybridized carbons (Fsp3) is 0.625.